The van der Waals surface area contributed by atoms with E-state index in [1.807, 2.05) is 32.3 Å². The molecule has 2 aliphatic heterocycles. The Morgan fingerprint density at radius 1 is 1.17 bits per heavy atom. The molecule has 42 heavy (non-hydrogen) atoms. The molecule has 12 heteroatoms. The van der Waals surface area contributed by atoms with E-state index in [4.69, 9.17) is 0 Å². The van der Waals surface area contributed by atoms with Gasteiger partial charge in [0.1, 0.15) is 11.3 Å². The van der Waals surface area contributed by atoms with E-state index >= 15 is 0 Å². The number of anilines is 1. The molecular formula is C30H31F3N6O2S. The molecule has 1 N–H and O–H groups in total. The maximum Gasteiger partial charge on any atom is 0.416 e. The quantitative estimate of drug-likeness (QED) is 0.339. The second-order valence-electron chi connectivity index (χ2n) is 11.1. The summed E-state index contributed by atoms with van der Waals surface area (Å²) in [5, 5.41) is 4.45. The van der Waals surface area contributed by atoms with E-state index < -0.39 is 17.6 Å². The SMILES string of the molecule is CN(C)[C@H]1CCN(Cc2cc(NC(=O)c3csc4c3CCN(C(=O)c3cnc5ccccn35)C4)cc(C(F)(F)F)c2)C1. The first-order valence-electron chi connectivity index (χ1n) is 13.8. The molecule has 4 aromatic rings. The lowest BCUT2D eigenvalue weighted by Gasteiger charge is -2.27. The Kier molecular flexibility index (Phi) is 7.54. The number of alkyl halides is 3. The summed E-state index contributed by atoms with van der Waals surface area (Å²) in [6, 6.07) is 9.68. The van der Waals surface area contributed by atoms with Gasteiger partial charge in [0.25, 0.3) is 11.8 Å². The number of hydrogen-bond acceptors (Lipinski definition) is 6. The van der Waals surface area contributed by atoms with Gasteiger partial charge in [0, 0.05) is 54.4 Å². The molecule has 1 saturated heterocycles. The van der Waals surface area contributed by atoms with Crippen molar-refractivity contribution in [1.82, 2.24) is 24.1 Å². The number of imidazole rings is 1. The molecule has 0 bridgehead atoms. The Bertz CT molecular complexity index is 1650. The van der Waals surface area contributed by atoms with Gasteiger partial charge in [-0.15, -0.1) is 11.3 Å². The number of carbonyl (C=O) groups is 2. The average molecular weight is 597 g/mol. The fourth-order valence-electron chi connectivity index (χ4n) is 5.80. The fourth-order valence-corrected chi connectivity index (χ4v) is 6.89. The van der Waals surface area contributed by atoms with Gasteiger partial charge in [-0.25, -0.2) is 4.98 Å². The van der Waals surface area contributed by atoms with Crippen molar-refractivity contribution in [2.45, 2.75) is 38.1 Å². The van der Waals surface area contributed by atoms with Crippen LogP contribution in [0.2, 0.25) is 0 Å². The van der Waals surface area contributed by atoms with Gasteiger partial charge in [0.2, 0.25) is 0 Å². The number of pyridine rings is 1. The number of nitrogens with zero attached hydrogens (tertiary/aromatic N) is 5. The first-order valence-corrected chi connectivity index (χ1v) is 14.7. The molecule has 5 heterocycles. The molecule has 1 fully saturated rings. The van der Waals surface area contributed by atoms with Gasteiger partial charge in [-0.05, 0) is 68.4 Å². The molecule has 1 atom stereocenters. The minimum atomic E-state index is -4.54. The second kappa shape index (κ2) is 11.2. The molecule has 2 amide bonds. The number of likely N-dealkylation sites (tertiary alicyclic amines) is 1. The van der Waals surface area contributed by atoms with E-state index in [-0.39, 0.29) is 11.6 Å². The summed E-state index contributed by atoms with van der Waals surface area (Å²) in [6.45, 7) is 2.73. The minimum Gasteiger partial charge on any atom is -0.332 e. The van der Waals surface area contributed by atoms with E-state index in [0.717, 1.165) is 36.0 Å². The summed E-state index contributed by atoms with van der Waals surface area (Å²) >= 11 is 1.38. The Hall–Kier alpha value is -3.74. The zero-order chi connectivity index (χ0) is 29.6. The summed E-state index contributed by atoms with van der Waals surface area (Å²) in [5.41, 5.74) is 2.26. The largest absolute Gasteiger partial charge is 0.416 e. The van der Waals surface area contributed by atoms with E-state index in [2.05, 4.69) is 20.1 Å². The van der Waals surface area contributed by atoms with E-state index in [1.165, 1.54) is 17.4 Å². The van der Waals surface area contributed by atoms with E-state index in [0.29, 0.717) is 54.6 Å². The number of thiophene rings is 1. The minimum absolute atomic E-state index is 0.119. The third-order valence-electron chi connectivity index (χ3n) is 8.08. The molecule has 220 valence electrons. The van der Waals surface area contributed by atoms with Crippen LogP contribution < -0.4 is 5.32 Å². The van der Waals surface area contributed by atoms with Gasteiger partial charge in [0.05, 0.1) is 23.9 Å². The number of benzene rings is 1. The number of fused-ring (bicyclic) bond motifs is 2. The first kappa shape index (κ1) is 28.4. The predicted molar refractivity (Wildman–Crippen MR) is 155 cm³/mol. The predicted octanol–water partition coefficient (Wildman–Crippen LogP) is 5.00. The Balaban J connectivity index is 1.18. The summed E-state index contributed by atoms with van der Waals surface area (Å²) in [6.07, 6.45) is 0.253. The fraction of sp³-hybridized carbons (Fsp3) is 0.367. The second-order valence-corrected chi connectivity index (χ2v) is 12.1. The molecule has 0 radical (unpaired) electrons. The van der Waals surface area contributed by atoms with Crippen LogP contribution in [-0.4, -0.2) is 75.7 Å². The van der Waals surface area contributed by atoms with Gasteiger partial charge in [-0.3, -0.25) is 18.9 Å². The van der Waals surface area contributed by atoms with Crippen molar-refractivity contribution in [3.63, 3.8) is 0 Å². The summed E-state index contributed by atoms with van der Waals surface area (Å²) < 4.78 is 43.1. The van der Waals surface area contributed by atoms with Gasteiger partial charge >= 0.3 is 6.18 Å². The molecule has 6 rings (SSSR count). The molecule has 0 saturated carbocycles. The summed E-state index contributed by atoms with van der Waals surface area (Å²) in [7, 11) is 4.01. The number of halogens is 3. The number of likely N-dealkylation sites (N-methyl/N-ethyl adjacent to an activating group) is 1. The number of amides is 2. The van der Waals surface area contributed by atoms with Crippen molar-refractivity contribution >= 4 is 34.5 Å². The highest BCUT2D eigenvalue weighted by atomic mass is 32.1. The molecule has 8 nitrogen and oxygen atoms in total. The van der Waals surface area contributed by atoms with Crippen LogP contribution in [0.3, 0.4) is 0 Å². The third-order valence-corrected chi connectivity index (χ3v) is 9.09. The van der Waals surface area contributed by atoms with Crippen LogP contribution >= 0.6 is 11.3 Å². The molecule has 0 unspecified atom stereocenters. The maximum absolute atomic E-state index is 13.8. The topological polar surface area (TPSA) is 73.2 Å². The highest BCUT2D eigenvalue weighted by molar-refractivity contribution is 7.10. The molecule has 1 aromatic carbocycles. The van der Waals surface area contributed by atoms with Crippen molar-refractivity contribution in [1.29, 1.82) is 0 Å². The van der Waals surface area contributed by atoms with Gasteiger partial charge in [-0.2, -0.15) is 13.2 Å². The number of aromatic nitrogens is 2. The van der Waals surface area contributed by atoms with Crippen LogP contribution in [0.4, 0.5) is 18.9 Å². The molecule has 2 aliphatic rings. The van der Waals surface area contributed by atoms with Gasteiger partial charge in [-0.1, -0.05) is 6.07 Å². The Morgan fingerprint density at radius 3 is 2.76 bits per heavy atom. The van der Waals surface area contributed by atoms with E-state index in [9.17, 15) is 22.8 Å². The van der Waals surface area contributed by atoms with Crippen molar-refractivity contribution in [2.24, 2.45) is 0 Å². The highest BCUT2D eigenvalue weighted by Gasteiger charge is 2.33. The van der Waals surface area contributed by atoms with Crippen molar-refractivity contribution < 1.29 is 22.8 Å². The summed E-state index contributed by atoms with van der Waals surface area (Å²) in [5.74, 6) is -0.599. The number of nitrogens with one attached hydrogen (secondary N) is 1. The Labute approximate surface area is 245 Å². The zero-order valence-electron chi connectivity index (χ0n) is 23.3. The molecule has 0 aliphatic carbocycles. The normalized spacial score (nSPS) is 17.7. The monoisotopic (exact) mass is 596 g/mol. The van der Waals surface area contributed by atoms with Crippen LogP contribution in [0.5, 0.6) is 0 Å². The third kappa shape index (κ3) is 5.66. The van der Waals surface area contributed by atoms with Crippen molar-refractivity contribution in [2.75, 3.05) is 39.0 Å². The first-order chi connectivity index (χ1) is 20.1. The van der Waals surface area contributed by atoms with Gasteiger partial charge < -0.3 is 15.1 Å². The van der Waals surface area contributed by atoms with Crippen LogP contribution in [0.25, 0.3) is 5.65 Å². The van der Waals surface area contributed by atoms with Gasteiger partial charge in [0.15, 0.2) is 0 Å². The standard InChI is InChI=1S/C30H31F3N6O2S/c1-36(2)22-6-9-37(16-22)15-19-11-20(30(31,32)33)13-21(12-19)35-28(40)24-18-42-26-17-38(10-7-23(24)26)29(41)25-14-34-27-5-3-4-8-39(25)27/h3-5,8,11-14,18,22H,6-7,9-10,15-17H2,1-2H3,(H,35,40)/t22-/m0/s1. The Morgan fingerprint density at radius 2 is 2.00 bits per heavy atom. The van der Waals surface area contributed by atoms with Crippen LogP contribution in [0, 0.1) is 0 Å². The van der Waals surface area contributed by atoms with Crippen LogP contribution in [0.1, 0.15) is 48.8 Å². The average Bonchev–Trinajstić information content (AvgIpc) is 3.70. The van der Waals surface area contributed by atoms with Crippen LogP contribution in [-0.2, 0) is 25.7 Å². The van der Waals surface area contributed by atoms with E-state index in [1.54, 1.807) is 33.1 Å². The maximum atomic E-state index is 13.8. The smallest absolute Gasteiger partial charge is 0.332 e. The molecule has 0 spiro atoms. The molecular weight excluding hydrogens is 565 g/mol. The highest BCUT2D eigenvalue weighted by Crippen LogP contribution is 2.34. The molecule has 3 aromatic heterocycles. The number of hydrogen-bond donors (Lipinski definition) is 1. The lowest BCUT2D eigenvalue weighted by Crippen LogP contribution is -2.36. The number of carbonyl (C=O) groups excluding carboxylic acids is 2. The van der Waals surface area contributed by atoms with Crippen LogP contribution in [0.15, 0.2) is 54.2 Å². The van der Waals surface area contributed by atoms with Crippen molar-refractivity contribution in [3.05, 3.63) is 87.0 Å². The zero-order valence-corrected chi connectivity index (χ0v) is 24.1. The lowest BCUT2D eigenvalue weighted by molar-refractivity contribution is -0.137. The van der Waals surface area contributed by atoms with Crippen molar-refractivity contribution in [3.8, 4) is 0 Å². The lowest BCUT2D eigenvalue weighted by atomic mass is 10.0. The summed E-state index contributed by atoms with van der Waals surface area (Å²) in [4.78, 5) is 37.8. The number of rotatable bonds is 6.